The van der Waals surface area contributed by atoms with E-state index in [1.165, 1.54) is 11.3 Å². The van der Waals surface area contributed by atoms with Crippen molar-refractivity contribution in [2.75, 3.05) is 18.4 Å². The van der Waals surface area contributed by atoms with Crippen LogP contribution in [0.3, 0.4) is 0 Å². The number of hydrogen-bond donors (Lipinski definition) is 3. The van der Waals surface area contributed by atoms with E-state index in [0.717, 1.165) is 30.8 Å². The molecule has 1 aromatic rings. The molecule has 0 aliphatic carbocycles. The van der Waals surface area contributed by atoms with Gasteiger partial charge >= 0.3 is 5.97 Å². The Morgan fingerprint density at radius 2 is 2.05 bits per heavy atom. The minimum Gasteiger partial charge on any atom is -0.480 e. The number of piperidine rings is 1. The first-order valence-corrected chi connectivity index (χ1v) is 8.56. The monoisotopic (exact) mass is 325 g/mol. The molecule has 0 bridgehead atoms. The van der Waals surface area contributed by atoms with Gasteiger partial charge in [0.2, 0.25) is 5.91 Å². The zero-order valence-corrected chi connectivity index (χ0v) is 13.8. The summed E-state index contributed by atoms with van der Waals surface area (Å²) < 4.78 is 0. The highest BCUT2D eigenvalue weighted by Gasteiger charge is 2.43. The minimum absolute atomic E-state index is 0.261. The van der Waals surface area contributed by atoms with E-state index in [2.05, 4.69) is 15.6 Å². The van der Waals surface area contributed by atoms with Crippen molar-refractivity contribution in [1.29, 1.82) is 0 Å². The van der Waals surface area contributed by atoms with Gasteiger partial charge in [-0.3, -0.25) is 9.59 Å². The number of rotatable bonds is 6. The second-order valence-electron chi connectivity index (χ2n) is 5.64. The maximum Gasteiger partial charge on any atom is 0.319 e. The van der Waals surface area contributed by atoms with E-state index in [1.807, 2.05) is 0 Å². The van der Waals surface area contributed by atoms with Crippen molar-refractivity contribution in [2.45, 2.75) is 45.4 Å². The number of thiazole rings is 1. The van der Waals surface area contributed by atoms with E-state index in [0.29, 0.717) is 11.0 Å². The second-order valence-corrected chi connectivity index (χ2v) is 6.70. The molecule has 6 nitrogen and oxygen atoms in total. The van der Waals surface area contributed by atoms with E-state index in [-0.39, 0.29) is 12.8 Å². The largest absolute Gasteiger partial charge is 0.480 e. The SMILES string of the molecule is CCC(CC)(C(=O)O)C(=O)Nc1ncc(C2CCNCC2)s1. The zero-order valence-electron chi connectivity index (χ0n) is 13.0. The Kier molecular flexibility index (Phi) is 5.52. The molecule has 0 aromatic carbocycles. The first-order valence-electron chi connectivity index (χ1n) is 7.74. The van der Waals surface area contributed by atoms with Crippen LogP contribution in [0.4, 0.5) is 5.13 Å². The Hall–Kier alpha value is -1.47. The molecule has 1 saturated heterocycles. The second kappa shape index (κ2) is 7.19. The van der Waals surface area contributed by atoms with Gasteiger partial charge in [0, 0.05) is 11.1 Å². The first-order chi connectivity index (χ1) is 10.5. The lowest BCUT2D eigenvalue weighted by atomic mass is 9.81. The fourth-order valence-corrected chi connectivity index (χ4v) is 3.81. The smallest absolute Gasteiger partial charge is 0.319 e. The Labute approximate surface area is 134 Å². The summed E-state index contributed by atoms with van der Waals surface area (Å²) in [5.74, 6) is -1.08. The maximum absolute atomic E-state index is 12.4. The Morgan fingerprint density at radius 1 is 1.41 bits per heavy atom. The van der Waals surface area contributed by atoms with Crippen LogP contribution in [-0.4, -0.2) is 35.1 Å². The third-order valence-corrected chi connectivity index (χ3v) is 5.61. The summed E-state index contributed by atoms with van der Waals surface area (Å²) in [5.41, 5.74) is -1.37. The molecule has 122 valence electrons. The van der Waals surface area contributed by atoms with Crippen LogP contribution < -0.4 is 10.6 Å². The van der Waals surface area contributed by atoms with Crippen LogP contribution in [0, 0.1) is 5.41 Å². The first kappa shape index (κ1) is 16.9. The molecule has 1 aliphatic rings. The average Bonchev–Trinajstić information content (AvgIpc) is 2.98. The van der Waals surface area contributed by atoms with E-state index in [1.54, 1.807) is 20.0 Å². The molecule has 0 unspecified atom stereocenters. The average molecular weight is 325 g/mol. The number of nitrogens with one attached hydrogen (secondary N) is 2. The number of amides is 1. The van der Waals surface area contributed by atoms with Crippen molar-refractivity contribution >= 4 is 28.3 Å². The Balaban J connectivity index is 2.08. The van der Waals surface area contributed by atoms with Crippen LogP contribution in [0.2, 0.25) is 0 Å². The van der Waals surface area contributed by atoms with Crippen LogP contribution in [0.1, 0.15) is 50.3 Å². The molecule has 1 amide bonds. The van der Waals surface area contributed by atoms with Gasteiger partial charge in [-0.15, -0.1) is 11.3 Å². The van der Waals surface area contributed by atoms with E-state index < -0.39 is 17.3 Å². The lowest BCUT2D eigenvalue weighted by Crippen LogP contribution is -2.42. The van der Waals surface area contributed by atoms with Gasteiger partial charge in [-0.2, -0.15) is 0 Å². The number of carboxylic acid groups (broad SMARTS) is 1. The van der Waals surface area contributed by atoms with Gasteiger partial charge < -0.3 is 15.7 Å². The highest BCUT2D eigenvalue weighted by atomic mass is 32.1. The molecule has 3 N–H and O–H groups in total. The number of aliphatic carboxylic acids is 1. The lowest BCUT2D eigenvalue weighted by molar-refractivity contribution is -0.154. The molecular weight excluding hydrogens is 302 g/mol. The summed E-state index contributed by atoms with van der Waals surface area (Å²) in [6.07, 6.45) is 4.46. The van der Waals surface area contributed by atoms with Gasteiger partial charge in [-0.05, 0) is 44.7 Å². The molecular formula is C15H23N3O3S. The number of carbonyl (C=O) groups excluding carboxylic acids is 1. The Bertz CT molecular complexity index is 534. The van der Waals surface area contributed by atoms with Crippen molar-refractivity contribution in [2.24, 2.45) is 5.41 Å². The van der Waals surface area contributed by atoms with Crippen LogP contribution in [0.15, 0.2) is 6.20 Å². The van der Waals surface area contributed by atoms with E-state index in [4.69, 9.17) is 0 Å². The van der Waals surface area contributed by atoms with Crippen LogP contribution >= 0.6 is 11.3 Å². The van der Waals surface area contributed by atoms with Gasteiger partial charge in [0.1, 0.15) is 5.41 Å². The maximum atomic E-state index is 12.4. The third kappa shape index (κ3) is 3.30. The van der Waals surface area contributed by atoms with Crippen LogP contribution in [-0.2, 0) is 9.59 Å². The van der Waals surface area contributed by atoms with Crippen LogP contribution in [0.5, 0.6) is 0 Å². The highest BCUT2D eigenvalue weighted by molar-refractivity contribution is 7.15. The summed E-state index contributed by atoms with van der Waals surface area (Å²) in [6.45, 7) is 5.44. The molecule has 2 rings (SSSR count). The van der Waals surface area contributed by atoms with Gasteiger partial charge in [0.15, 0.2) is 5.13 Å². The number of carboxylic acids is 1. The molecule has 0 spiro atoms. The van der Waals surface area contributed by atoms with E-state index >= 15 is 0 Å². The van der Waals surface area contributed by atoms with Crippen molar-refractivity contribution < 1.29 is 14.7 Å². The van der Waals surface area contributed by atoms with Crippen molar-refractivity contribution in [3.05, 3.63) is 11.1 Å². The zero-order chi connectivity index (χ0) is 16.2. The van der Waals surface area contributed by atoms with Gasteiger partial charge in [0.25, 0.3) is 0 Å². The summed E-state index contributed by atoms with van der Waals surface area (Å²) in [5, 5.41) is 15.9. The van der Waals surface area contributed by atoms with Gasteiger partial charge in [0.05, 0.1) is 0 Å². The normalized spacial score (nSPS) is 16.5. The van der Waals surface area contributed by atoms with Gasteiger partial charge in [-0.25, -0.2) is 4.98 Å². The fraction of sp³-hybridized carbons (Fsp3) is 0.667. The predicted octanol–water partition coefficient (Wildman–Crippen LogP) is 2.44. The number of carbonyl (C=O) groups is 2. The molecule has 0 saturated carbocycles. The van der Waals surface area contributed by atoms with Crippen molar-refractivity contribution in [1.82, 2.24) is 10.3 Å². The number of anilines is 1. The molecule has 22 heavy (non-hydrogen) atoms. The number of nitrogens with zero attached hydrogens (tertiary/aromatic N) is 1. The number of aromatic nitrogens is 1. The molecule has 2 heterocycles. The third-order valence-electron chi connectivity index (χ3n) is 4.54. The molecule has 1 aliphatic heterocycles. The van der Waals surface area contributed by atoms with Crippen molar-refractivity contribution in [3.63, 3.8) is 0 Å². The molecule has 0 radical (unpaired) electrons. The number of hydrogen-bond acceptors (Lipinski definition) is 5. The highest BCUT2D eigenvalue weighted by Crippen LogP contribution is 2.33. The summed E-state index contributed by atoms with van der Waals surface area (Å²) >= 11 is 1.45. The summed E-state index contributed by atoms with van der Waals surface area (Å²) in [4.78, 5) is 29.3. The van der Waals surface area contributed by atoms with Crippen molar-refractivity contribution in [3.8, 4) is 0 Å². The minimum atomic E-state index is -1.37. The molecule has 7 heteroatoms. The summed E-state index contributed by atoms with van der Waals surface area (Å²) in [7, 11) is 0. The topological polar surface area (TPSA) is 91.3 Å². The van der Waals surface area contributed by atoms with E-state index in [9.17, 15) is 14.7 Å². The quantitative estimate of drug-likeness (QED) is 0.699. The summed E-state index contributed by atoms with van der Waals surface area (Å²) in [6, 6.07) is 0. The Morgan fingerprint density at radius 3 is 2.59 bits per heavy atom. The predicted molar refractivity (Wildman–Crippen MR) is 86.2 cm³/mol. The fourth-order valence-electron chi connectivity index (χ4n) is 2.83. The van der Waals surface area contributed by atoms with Gasteiger partial charge in [-0.1, -0.05) is 13.8 Å². The lowest BCUT2D eigenvalue weighted by Gasteiger charge is -2.24. The molecule has 1 aromatic heterocycles. The molecule has 1 fully saturated rings. The van der Waals surface area contributed by atoms with Crippen LogP contribution in [0.25, 0.3) is 0 Å². The standard InChI is InChI=1S/C15H23N3O3S/c1-3-15(4-2,13(20)21)12(19)18-14-17-9-11(22-14)10-5-7-16-8-6-10/h9-10,16H,3-8H2,1-2H3,(H,20,21)(H,17,18,19). The molecule has 0 atom stereocenters.